The zero-order valence-corrected chi connectivity index (χ0v) is 20.7. The molecule has 0 aromatic heterocycles. The van der Waals surface area contributed by atoms with Crippen molar-refractivity contribution in [1.82, 2.24) is 4.90 Å². The summed E-state index contributed by atoms with van der Waals surface area (Å²) in [7, 11) is 0. The molecular formula is C23H34N6O7. The van der Waals surface area contributed by atoms with Crippen LogP contribution in [-0.2, 0) is 30.5 Å². The van der Waals surface area contributed by atoms with E-state index < -0.39 is 46.0 Å². The molecule has 1 fully saturated rings. The van der Waals surface area contributed by atoms with Gasteiger partial charge in [0.05, 0.1) is 11.0 Å². The minimum absolute atomic E-state index is 0.0946. The molecule has 6 N–H and O–H groups in total. The van der Waals surface area contributed by atoms with Crippen molar-refractivity contribution in [1.29, 1.82) is 0 Å². The second-order valence-corrected chi connectivity index (χ2v) is 9.46. The molecule has 1 aliphatic heterocycles. The van der Waals surface area contributed by atoms with Crippen LogP contribution in [0.25, 0.3) is 0 Å². The van der Waals surface area contributed by atoms with Crippen molar-refractivity contribution in [2.24, 2.45) is 28.1 Å². The van der Waals surface area contributed by atoms with Gasteiger partial charge in [-0.3, -0.25) is 29.6 Å². The van der Waals surface area contributed by atoms with Crippen LogP contribution in [0.3, 0.4) is 0 Å². The number of ether oxygens (including phenoxy) is 2. The Bertz CT molecular complexity index is 990. The molecule has 2 rings (SSSR count). The highest BCUT2D eigenvalue weighted by atomic mass is 16.7. The molecule has 1 aromatic carbocycles. The van der Waals surface area contributed by atoms with Crippen LogP contribution < -0.4 is 17.2 Å². The molecule has 3 atom stereocenters. The van der Waals surface area contributed by atoms with Crippen LogP contribution in [0.5, 0.6) is 0 Å². The second kappa shape index (κ2) is 11.8. The number of nitrogens with zero attached hydrogens (tertiary/aromatic N) is 3. The molecule has 0 saturated carbocycles. The topological polar surface area (TPSA) is 206 Å². The molecule has 1 amide bonds. The molecule has 1 aromatic rings. The van der Waals surface area contributed by atoms with E-state index in [1.54, 1.807) is 30.3 Å². The highest BCUT2D eigenvalue weighted by molar-refractivity contribution is 5.94. The maximum atomic E-state index is 13.3. The summed E-state index contributed by atoms with van der Waals surface area (Å²) < 4.78 is 10.7. The van der Waals surface area contributed by atoms with Crippen LogP contribution in [0.15, 0.2) is 35.3 Å². The third-order valence-electron chi connectivity index (χ3n) is 5.58. The summed E-state index contributed by atoms with van der Waals surface area (Å²) in [5.74, 6) is -4.90. The minimum atomic E-state index is -2.82. The van der Waals surface area contributed by atoms with Gasteiger partial charge in [0, 0.05) is 13.1 Å². The lowest BCUT2D eigenvalue weighted by Crippen LogP contribution is -2.66. The van der Waals surface area contributed by atoms with Gasteiger partial charge < -0.3 is 26.7 Å². The van der Waals surface area contributed by atoms with Crippen molar-refractivity contribution in [2.45, 2.75) is 63.9 Å². The molecule has 1 unspecified atom stereocenters. The van der Waals surface area contributed by atoms with Crippen molar-refractivity contribution >= 4 is 23.8 Å². The number of hydrogen-bond acceptors (Lipinski definition) is 9. The van der Waals surface area contributed by atoms with Crippen molar-refractivity contribution in [3.63, 3.8) is 0 Å². The Labute approximate surface area is 209 Å². The monoisotopic (exact) mass is 506 g/mol. The van der Waals surface area contributed by atoms with Crippen LogP contribution in [0, 0.1) is 16.0 Å². The first-order valence-electron chi connectivity index (χ1n) is 11.5. The molecule has 198 valence electrons. The molecule has 0 bridgehead atoms. The summed E-state index contributed by atoms with van der Waals surface area (Å²) >= 11 is 0. The van der Waals surface area contributed by atoms with Gasteiger partial charge in [-0.15, -0.1) is 0 Å². The van der Waals surface area contributed by atoms with E-state index in [-0.39, 0.29) is 38.5 Å². The smallest absolute Gasteiger partial charge is 0.409 e. The number of guanidine groups is 1. The van der Waals surface area contributed by atoms with E-state index in [4.69, 9.17) is 26.7 Å². The maximum absolute atomic E-state index is 13.3. The first kappa shape index (κ1) is 28.5. The van der Waals surface area contributed by atoms with E-state index in [2.05, 4.69) is 4.99 Å². The summed E-state index contributed by atoms with van der Waals surface area (Å²) in [6, 6.07) is 7.51. The first-order valence-corrected chi connectivity index (χ1v) is 11.5. The van der Waals surface area contributed by atoms with Crippen molar-refractivity contribution < 1.29 is 28.8 Å². The molecule has 0 radical (unpaired) electrons. The van der Waals surface area contributed by atoms with Gasteiger partial charge in [0.15, 0.2) is 11.9 Å². The van der Waals surface area contributed by atoms with Crippen molar-refractivity contribution in [2.75, 3.05) is 13.1 Å². The standard InChI is InChI=1S/C23H34N6O7/c1-22(2,3)36-20(32)23(29(33)34)16(19(31)35-14-15-8-5-4-6-9-15)11-13-28(23)18(30)17(24)10-7-12-27-21(25)26/h4-6,8-9,16-17H,7,10-14,24H2,1-3H3,(H4,25,26,27)/t16?,17-,23+/m0/s1. The molecule has 0 aliphatic carbocycles. The number of hydrogen-bond donors (Lipinski definition) is 3. The number of rotatable bonds is 10. The number of aliphatic imine (C=N–C) groups is 1. The average molecular weight is 507 g/mol. The molecule has 1 heterocycles. The lowest BCUT2D eigenvalue weighted by Gasteiger charge is -2.34. The summed E-state index contributed by atoms with van der Waals surface area (Å²) in [5, 5.41) is 12.5. The van der Waals surface area contributed by atoms with Crippen LogP contribution >= 0.6 is 0 Å². The zero-order chi connectivity index (χ0) is 27.1. The number of carbonyl (C=O) groups excluding carboxylic acids is 3. The largest absolute Gasteiger partial charge is 0.460 e. The number of benzene rings is 1. The Kier molecular flexibility index (Phi) is 9.34. The van der Waals surface area contributed by atoms with Crippen LogP contribution in [0.1, 0.15) is 45.6 Å². The highest BCUT2D eigenvalue weighted by Crippen LogP contribution is 2.39. The average Bonchev–Trinajstić information content (AvgIpc) is 3.21. The Hall–Kier alpha value is -3.74. The van der Waals surface area contributed by atoms with E-state index in [0.29, 0.717) is 12.0 Å². The number of esters is 2. The van der Waals surface area contributed by atoms with Gasteiger partial charge in [-0.1, -0.05) is 30.3 Å². The number of nitro groups is 1. The number of nitrogens with two attached hydrogens (primary N) is 3. The molecular weight excluding hydrogens is 472 g/mol. The van der Waals surface area contributed by atoms with Gasteiger partial charge in [0.2, 0.25) is 5.91 Å². The lowest BCUT2D eigenvalue weighted by molar-refractivity contribution is -0.583. The first-order chi connectivity index (χ1) is 16.8. The number of likely N-dealkylation sites (tertiary alicyclic amines) is 1. The van der Waals surface area contributed by atoms with Gasteiger partial charge in [-0.05, 0) is 45.6 Å². The Morgan fingerprint density at radius 3 is 2.44 bits per heavy atom. The van der Waals surface area contributed by atoms with Gasteiger partial charge in [0.1, 0.15) is 12.2 Å². The quantitative estimate of drug-likeness (QED) is 0.0985. The third-order valence-corrected chi connectivity index (χ3v) is 5.58. The lowest BCUT2D eigenvalue weighted by atomic mass is 9.92. The fourth-order valence-corrected chi connectivity index (χ4v) is 3.96. The Morgan fingerprint density at radius 1 is 1.25 bits per heavy atom. The second-order valence-electron chi connectivity index (χ2n) is 9.46. The van der Waals surface area contributed by atoms with Crippen LogP contribution in [0.2, 0.25) is 0 Å². The predicted octanol–water partition coefficient (Wildman–Crippen LogP) is 0.274. The fraction of sp³-hybridized carbons (Fsp3) is 0.565. The summed E-state index contributed by atoms with van der Waals surface area (Å²) in [6.45, 7) is 4.36. The summed E-state index contributed by atoms with van der Waals surface area (Å²) in [4.78, 5) is 55.8. The third kappa shape index (κ3) is 6.68. The van der Waals surface area contributed by atoms with Crippen LogP contribution in [-0.4, -0.2) is 64.0 Å². The van der Waals surface area contributed by atoms with E-state index in [9.17, 15) is 24.5 Å². The van der Waals surface area contributed by atoms with E-state index in [1.165, 1.54) is 20.8 Å². The number of carbonyl (C=O) groups is 3. The van der Waals surface area contributed by atoms with Gasteiger partial charge in [-0.2, -0.15) is 0 Å². The van der Waals surface area contributed by atoms with Gasteiger partial charge in [-0.25, -0.2) is 4.79 Å². The Morgan fingerprint density at radius 2 is 1.89 bits per heavy atom. The molecule has 1 saturated heterocycles. The molecule has 13 nitrogen and oxygen atoms in total. The minimum Gasteiger partial charge on any atom is -0.460 e. The Balaban J connectivity index is 2.36. The molecule has 13 heteroatoms. The predicted molar refractivity (Wildman–Crippen MR) is 130 cm³/mol. The normalized spacial score (nSPS) is 20.3. The summed E-state index contributed by atoms with van der Waals surface area (Å²) in [6.07, 6.45) is 0.233. The summed E-state index contributed by atoms with van der Waals surface area (Å²) in [5.41, 5.74) is 13.3. The molecule has 36 heavy (non-hydrogen) atoms. The van der Waals surface area contributed by atoms with E-state index in [0.717, 1.165) is 4.90 Å². The van der Waals surface area contributed by atoms with Crippen molar-refractivity contribution in [3.8, 4) is 0 Å². The highest BCUT2D eigenvalue weighted by Gasteiger charge is 2.72. The SMILES string of the molecule is CC(C)(C)OC(=O)[C@]1([N+](=O)[O-])C(C(=O)OCc2ccccc2)CCN1C(=O)[C@@H](N)CCCN=C(N)N. The maximum Gasteiger partial charge on any atom is 0.409 e. The number of amides is 1. The van der Waals surface area contributed by atoms with Crippen LogP contribution in [0.4, 0.5) is 0 Å². The van der Waals surface area contributed by atoms with Gasteiger partial charge in [0.25, 0.3) is 0 Å². The molecule has 1 aliphatic rings. The molecule has 0 spiro atoms. The van der Waals surface area contributed by atoms with Crippen molar-refractivity contribution in [3.05, 3.63) is 46.0 Å². The van der Waals surface area contributed by atoms with E-state index >= 15 is 0 Å². The van der Waals surface area contributed by atoms with Gasteiger partial charge >= 0.3 is 17.6 Å². The van der Waals surface area contributed by atoms with E-state index in [1.807, 2.05) is 0 Å². The zero-order valence-electron chi connectivity index (χ0n) is 20.7. The fourth-order valence-electron chi connectivity index (χ4n) is 3.96.